The Hall–Kier alpha value is -0.420. The lowest BCUT2D eigenvalue weighted by atomic mass is 10.00. The molecule has 1 aliphatic rings. The first-order valence-electron chi connectivity index (χ1n) is 6.10. The van der Waals surface area contributed by atoms with E-state index in [0.717, 1.165) is 30.3 Å². The average Bonchev–Trinajstić information content (AvgIpc) is 2.81. The second-order valence-corrected chi connectivity index (χ2v) is 5.48. The molecule has 1 aromatic rings. The van der Waals surface area contributed by atoms with Gasteiger partial charge in [0, 0.05) is 17.1 Å². The van der Waals surface area contributed by atoms with Crippen LogP contribution in [-0.4, -0.2) is 18.8 Å². The molecule has 2 unspecified atom stereocenters. The van der Waals surface area contributed by atoms with Crippen molar-refractivity contribution in [3.8, 4) is 0 Å². The minimum atomic E-state index is 0.285. The van der Waals surface area contributed by atoms with E-state index in [2.05, 4.69) is 39.6 Å². The number of benzene rings is 1. The van der Waals surface area contributed by atoms with E-state index in [1.54, 1.807) is 0 Å². The summed E-state index contributed by atoms with van der Waals surface area (Å²) < 4.78 is 6.76. The van der Waals surface area contributed by atoms with E-state index in [1.165, 1.54) is 12.0 Å². The van der Waals surface area contributed by atoms with Gasteiger partial charge in [-0.2, -0.15) is 0 Å². The Morgan fingerprint density at radius 3 is 3.06 bits per heavy atom. The van der Waals surface area contributed by atoms with Crippen molar-refractivity contribution in [3.63, 3.8) is 0 Å². The first-order chi connectivity index (χ1) is 8.28. The average molecular weight is 299 g/mol. The largest absolute Gasteiger partial charge is 0.378 e. The van der Waals surface area contributed by atoms with Crippen molar-refractivity contribution in [1.29, 1.82) is 0 Å². The molecule has 0 radical (unpaired) electrons. The van der Waals surface area contributed by atoms with Crippen LogP contribution in [0.15, 0.2) is 28.7 Å². The minimum absolute atomic E-state index is 0.285. The number of hydrazine groups is 1. The number of nitrogens with one attached hydrogen (secondary N) is 1. The van der Waals surface area contributed by atoms with Crippen molar-refractivity contribution in [2.45, 2.75) is 37.8 Å². The zero-order valence-electron chi connectivity index (χ0n) is 9.86. The molecular formula is C13H19BrN2O. The van der Waals surface area contributed by atoms with Crippen molar-refractivity contribution in [3.05, 3.63) is 34.3 Å². The van der Waals surface area contributed by atoms with Crippen LogP contribution in [0.25, 0.3) is 0 Å². The lowest BCUT2D eigenvalue weighted by Gasteiger charge is -2.19. The van der Waals surface area contributed by atoms with Crippen molar-refractivity contribution in [2.24, 2.45) is 5.84 Å². The predicted molar refractivity (Wildman–Crippen MR) is 72.5 cm³/mol. The molecule has 1 saturated heterocycles. The molecule has 0 bridgehead atoms. The van der Waals surface area contributed by atoms with Gasteiger partial charge in [0.1, 0.15) is 0 Å². The Bertz CT molecular complexity index is 353. The molecule has 0 spiro atoms. The Morgan fingerprint density at radius 1 is 1.53 bits per heavy atom. The maximum absolute atomic E-state index is 5.64. The highest BCUT2D eigenvalue weighted by Gasteiger charge is 2.20. The summed E-state index contributed by atoms with van der Waals surface area (Å²) in [5.74, 6) is 5.62. The molecule has 0 amide bonds. The topological polar surface area (TPSA) is 47.3 Å². The van der Waals surface area contributed by atoms with Crippen LogP contribution in [-0.2, 0) is 11.2 Å². The van der Waals surface area contributed by atoms with Crippen LogP contribution in [0.1, 0.15) is 24.8 Å². The fraction of sp³-hybridized carbons (Fsp3) is 0.538. The highest BCUT2D eigenvalue weighted by Crippen LogP contribution is 2.19. The van der Waals surface area contributed by atoms with E-state index in [9.17, 15) is 0 Å². The third-order valence-corrected chi connectivity index (χ3v) is 3.67. The van der Waals surface area contributed by atoms with Crippen LogP contribution >= 0.6 is 15.9 Å². The summed E-state index contributed by atoms with van der Waals surface area (Å²) >= 11 is 3.49. The SMILES string of the molecule is NNC(Cc1cccc(Br)c1)CC1CCCO1. The molecule has 3 N–H and O–H groups in total. The van der Waals surface area contributed by atoms with Crippen molar-refractivity contribution < 1.29 is 4.74 Å². The van der Waals surface area contributed by atoms with Crippen molar-refractivity contribution in [1.82, 2.24) is 5.43 Å². The van der Waals surface area contributed by atoms with Crippen molar-refractivity contribution >= 4 is 15.9 Å². The molecule has 1 heterocycles. The summed E-state index contributed by atoms with van der Waals surface area (Å²) in [6.07, 6.45) is 4.65. The van der Waals surface area contributed by atoms with Crippen LogP contribution in [0.2, 0.25) is 0 Å². The number of nitrogens with two attached hydrogens (primary N) is 1. The van der Waals surface area contributed by atoms with Crippen LogP contribution in [0.3, 0.4) is 0 Å². The molecule has 2 atom stereocenters. The van der Waals surface area contributed by atoms with Gasteiger partial charge in [0.05, 0.1) is 6.10 Å². The summed E-state index contributed by atoms with van der Waals surface area (Å²) in [5, 5.41) is 0. The molecule has 94 valence electrons. The molecule has 1 aliphatic heterocycles. The van der Waals surface area contributed by atoms with Gasteiger partial charge >= 0.3 is 0 Å². The Balaban J connectivity index is 1.90. The lowest BCUT2D eigenvalue weighted by molar-refractivity contribution is 0.0946. The monoisotopic (exact) mass is 298 g/mol. The second-order valence-electron chi connectivity index (χ2n) is 4.57. The van der Waals surface area contributed by atoms with E-state index in [4.69, 9.17) is 10.6 Å². The van der Waals surface area contributed by atoms with Crippen LogP contribution in [0, 0.1) is 0 Å². The van der Waals surface area contributed by atoms with E-state index >= 15 is 0 Å². The molecule has 3 nitrogen and oxygen atoms in total. The summed E-state index contributed by atoms with van der Waals surface area (Å²) in [6.45, 7) is 0.902. The lowest BCUT2D eigenvalue weighted by Crippen LogP contribution is -2.39. The van der Waals surface area contributed by atoms with Gasteiger partial charge in [-0.25, -0.2) is 0 Å². The van der Waals surface area contributed by atoms with Crippen LogP contribution < -0.4 is 11.3 Å². The zero-order chi connectivity index (χ0) is 12.1. The minimum Gasteiger partial charge on any atom is -0.378 e. The van der Waals surface area contributed by atoms with Crippen LogP contribution in [0.4, 0.5) is 0 Å². The first-order valence-corrected chi connectivity index (χ1v) is 6.89. The van der Waals surface area contributed by atoms with Crippen molar-refractivity contribution in [2.75, 3.05) is 6.61 Å². The highest BCUT2D eigenvalue weighted by atomic mass is 79.9. The third-order valence-electron chi connectivity index (χ3n) is 3.18. The van der Waals surface area contributed by atoms with Gasteiger partial charge in [0.15, 0.2) is 0 Å². The molecule has 2 rings (SSSR count). The van der Waals surface area contributed by atoms with Gasteiger partial charge in [-0.15, -0.1) is 0 Å². The van der Waals surface area contributed by atoms with Crippen LogP contribution in [0.5, 0.6) is 0 Å². The number of ether oxygens (including phenoxy) is 1. The summed E-state index contributed by atoms with van der Waals surface area (Å²) in [5.41, 5.74) is 4.19. The standard InChI is InChI=1S/C13H19BrN2O/c14-11-4-1-3-10(7-11)8-12(16-15)9-13-5-2-6-17-13/h1,3-4,7,12-13,16H,2,5-6,8-9,15H2. The van der Waals surface area contributed by atoms with Gasteiger partial charge in [0.2, 0.25) is 0 Å². The van der Waals surface area contributed by atoms with Gasteiger partial charge in [0.25, 0.3) is 0 Å². The Morgan fingerprint density at radius 2 is 2.41 bits per heavy atom. The normalized spacial score (nSPS) is 21.6. The fourth-order valence-corrected chi connectivity index (χ4v) is 2.75. The molecule has 4 heteroatoms. The maximum Gasteiger partial charge on any atom is 0.0591 e. The van der Waals surface area contributed by atoms with Gasteiger partial charge in [-0.05, 0) is 43.4 Å². The zero-order valence-corrected chi connectivity index (χ0v) is 11.4. The summed E-state index contributed by atoms with van der Waals surface area (Å²) in [7, 11) is 0. The summed E-state index contributed by atoms with van der Waals surface area (Å²) in [6, 6.07) is 8.64. The van der Waals surface area contributed by atoms with E-state index in [1.807, 2.05) is 6.07 Å². The number of rotatable bonds is 5. The number of hydrogen-bond acceptors (Lipinski definition) is 3. The molecule has 0 aliphatic carbocycles. The fourth-order valence-electron chi connectivity index (χ4n) is 2.31. The van der Waals surface area contributed by atoms with E-state index < -0.39 is 0 Å². The molecule has 0 saturated carbocycles. The second kappa shape index (κ2) is 6.50. The first kappa shape index (κ1) is 13.0. The summed E-state index contributed by atoms with van der Waals surface area (Å²) in [4.78, 5) is 0. The molecular weight excluding hydrogens is 280 g/mol. The van der Waals surface area contributed by atoms with E-state index in [-0.39, 0.29) is 6.04 Å². The highest BCUT2D eigenvalue weighted by molar-refractivity contribution is 9.10. The van der Waals surface area contributed by atoms with Gasteiger partial charge in [-0.3, -0.25) is 11.3 Å². The smallest absolute Gasteiger partial charge is 0.0591 e. The Labute approximate surface area is 111 Å². The molecule has 17 heavy (non-hydrogen) atoms. The quantitative estimate of drug-likeness (QED) is 0.648. The molecule has 1 aromatic carbocycles. The van der Waals surface area contributed by atoms with Gasteiger partial charge < -0.3 is 4.74 Å². The third kappa shape index (κ3) is 4.07. The van der Waals surface area contributed by atoms with E-state index in [0.29, 0.717) is 6.10 Å². The predicted octanol–water partition coefficient (Wildman–Crippen LogP) is 2.39. The molecule has 0 aromatic heterocycles. The molecule has 1 fully saturated rings. The van der Waals surface area contributed by atoms with Gasteiger partial charge in [-0.1, -0.05) is 28.1 Å². The Kier molecular flexibility index (Phi) is 4.98. The maximum atomic E-state index is 5.64. The number of hydrogen-bond donors (Lipinski definition) is 2. The number of halogens is 1.